The molecule has 1 aliphatic rings. The summed E-state index contributed by atoms with van der Waals surface area (Å²) in [7, 11) is 0. The van der Waals surface area contributed by atoms with Crippen LogP contribution in [-0.4, -0.2) is 28.9 Å². The van der Waals surface area contributed by atoms with Crippen LogP contribution in [0.5, 0.6) is 5.75 Å². The maximum atomic E-state index is 14.4. The predicted molar refractivity (Wildman–Crippen MR) is 158 cm³/mol. The van der Waals surface area contributed by atoms with Crippen LogP contribution >= 0.6 is 0 Å². The van der Waals surface area contributed by atoms with Gasteiger partial charge in [0.2, 0.25) is 0 Å². The van der Waals surface area contributed by atoms with E-state index in [4.69, 9.17) is 9.47 Å². The zero-order chi connectivity index (χ0) is 28.3. The van der Waals surface area contributed by atoms with E-state index in [2.05, 4.69) is 16.7 Å². The lowest BCUT2D eigenvalue weighted by Crippen LogP contribution is -2.18. The van der Waals surface area contributed by atoms with E-state index >= 15 is 0 Å². The Morgan fingerprint density at radius 3 is 2.41 bits per heavy atom. The molecule has 1 saturated heterocycles. The first-order chi connectivity index (χ1) is 20.0. The Bertz CT molecular complexity index is 1690. The minimum absolute atomic E-state index is 0.229. The third-order valence-corrected chi connectivity index (χ3v) is 7.92. The molecule has 208 valence electrons. The van der Waals surface area contributed by atoms with E-state index in [-0.39, 0.29) is 17.3 Å². The average molecular weight is 550 g/mol. The second-order valence-electron chi connectivity index (χ2n) is 10.7. The molecule has 6 rings (SSSR count). The standard InChI is InChI=1S/C35H32FNO4/c1-23-19-28(11-13-32(23)36)37-33-14-12-29(41-22-25-5-3-2-4-6-25)21-30(33)31(34(37)26-15-17-40-18-16-26)20-24-7-9-27(10-8-24)35(38)39/h2-14,19,21,26H,15-18,20,22H2,1H3,(H,38,39). The first-order valence-electron chi connectivity index (χ1n) is 14.0. The summed E-state index contributed by atoms with van der Waals surface area (Å²) in [6.07, 6.45) is 2.40. The normalized spacial score (nSPS) is 13.9. The van der Waals surface area contributed by atoms with Crippen molar-refractivity contribution in [1.29, 1.82) is 0 Å². The Balaban J connectivity index is 1.52. The molecule has 41 heavy (non-hydrogen) atoms. The molecule has 4 aromatic carbocycles. The molecule has 0 spiro atoms. The van der Waals surface area contributed by atoms with E-state index in [0.717, 1.165) is 46.3 Å². The average Bonchev–Trinajstić information content (AvgIpc) is 3.32. The highest BCUT2D eigenvalue weighted by atomic mass is 19.1. The second kappa shape index (κ2) is 11.6. The number of aromatic nitrogens is 1. The molecular formula is C35H32FNO4. The Morgan fingerprint density at radius 1 is 0.951 bits per heavy atom. The zero-order valence-corrected chi connectivity index (χ0v) is 23.0. The van der Waals surface area contributed by atoms with Crippen molar-refractivity contribution in [3.8, 4) is 11.4 Å². The van der Waals surface area contributed by atoms with E-state index < -0.39 is 5.97 Å². The summed E-state index contributed by atoms with van der Waals surface area (Å²) >= 11 is 0. The Labute approximate surface area is 238 Å². The van der Waals surface area contributed by atoms with Crippen LogP contribution in [0.15, 0.2) is 91.0 Å². The minimum Gasteiger partial charge on any atom is -0.489 e. The summed E-state index contributed by atoms with van der Waals surface area (Å²) in [6, 6.07) is 28.6. The van der Waals surface area contributed by atoms with Crippen LogP contribution < -0.4 is 4.74 Å². The maximum absolute atomic E-state index is 14.4. The number of carboxylic acids is 1. The molecule has 0 atom stereocenters. The monoisotopic (exact) mass is 549 g/mol. The van der Waals surface area contributed by atoms with E-state index in [1.165, 1.54) is 17.3 Å². The molecule has 5 nitrogen and oxygen atoms in total. The van der Waals surface area contributed by atoms with Crippen molar-refractivity contribution in [1.82, 2.24) is 4.57 Å². The molecule has 1 aliphatic heterocycles. The van der Waals surface area contributed by atoms with Gasteiger partial charge in [-0.3, -0.25) is 0 Å². The third kappa shape index (κ3) is 5.61. The van der Waals surface area contributed by atoms with Crippen molar-refractivity contribution in [2.45, 2.75) is 38.7 Å². The van der Waals surface area contributed by atoms with E-state index in [9.17, 15) is 14.3 Å². The molecular weight excluding hydrogens is 517 g/mol. The van der Waals surface area contributed by atoms with Crippen molar-refractivity contribution in [2.24, 2.45) is 0 Å². The van der Waals surface area contributed by atoms with E-state index in [1.54, 1.807) is 19.1 Å². The fourth-order valence-corrected chi connectivity index (χ4v) is 5.79. The molecule has 0 radical (unpaired) electrons. The highest BCUT2D eigenvalue weighted by Crippen LogP contribution is 2.41. The van der Waals surface area contributed by atoms with E-state index in [0.29, 0.717) is 31.8 Å². The molecule has 1 fully saturated rings. The molecule has 1 aromatic heterocycles. The minimum atomic E-state index is -0.942. The van der Waals surface area contributed by atoms with Crippen molar-refractivity contribution < 1.29 is 23.8 Å². The highest BCUT2D eigenvalue weighted by molar-refractivity contribution is 5.90. The third-order valence-electron chi connectivity index (χ3n) is 7.92. The van der Waals surface area contributed by atoms with Gasteiger partial charge in [-0.25, -0.2) is 9.18 Å². The fourth-order valence-electron chi connectivity index (χ4n) is 5.79. The number of ether oxygens (including phenoxy) is 2. The maximum Gasteiger partial charge on any atom is 0.335 e. The summed E-state index contributed by atoms with van der Waals surface area (Å²) < 4.78 is 28.6. The first-order valence-corrected chi connectivity index (χ1v) is 14.0. The number of hydrogen-bond donors (Lipinski definition) is 1. The Kier molecular flexibility index (Phi) is 7.57. The van der Waals surface area contributed by atoms with Gasteiger partial charge in [-0.15, -0.1) is 0 Å². The number of hydrogen-bond acceptors (Lipinski definition) is 3. The predicted octanol–water partition coefficient (Wildman–Crippen LogP) is 7.84. The van der Waals surface area contributed by atoms with Gasteiger partial charge in [0, 0.05) is 35.9 Å². The van der Waals surface area contributed by atoms with Crippen molar-refractivity contribution in [3.63, 3.8) is 0 Å². The van der Waals surface area contributed by atoms with Gasteiger partial charge in [0.15, 0.2) is 0 Å². The van der Waals surface area contributed by atoms with Gasteiger partial charge in [0.1, 0.15) is 18.2 Å². The summed E-state index contributed by atoms with van der Waals surface area (Å²) in [5, 5.41) is 10.5. The fraction of sp³-hybridized carbons (Fsp3) is 0.229. The van der Waals surface area contributed by atoms with Crippen LogP contribution in [0.25, 0.3) is 16.6 Å². The van der Waals surface area contributed by atoms with Gasteiger partial charge in [-0.05, 0) is 97.0 Å². The number of halogens is 1. The number of rotatable bonds is 8. The largest absolute Gasteiger partial charge is 0.489 e. The molecule has 6 heteroatoms. The van der Waals surface area contributed by atoms with Gasteiger partial charge in [-0.2, -0.15) is 0 Å². The van der Waals surface area contributed by atoms with Gasteiger partial charge in [0.05, 0.1) is 11.1 Å². The van der Waals surface area contributed by atoms with Crippen molar-refractivity contribution >= 4 is 16.9 Å². The number of benzene rings is 4. The molecule has 0 bridgehead atoms. The van der Waals surface area contributed by atoms with Crippen LogP contribution in [0.2, 0.25) is 0 Å². The summed E-state index contributed by atoms with van der Waals surface area (Å²) in [5.74, 6) is -0.144. The van der Waals surface area contributed by atoms with Gasteiger partial charge >= 0.3 is 5.97 Å². The smallest absolute Gasteiger partial charge is 0.335 e. The molecule has 1 N–H and O–H groups in total. The van der Waals surface area contributed by atoms with Crippen molar-refractivity contribution in [3.05, 3.63) is 130 Å². The number of fused-ring (bicyclic) bond motifs is 1. The number of aryl methyl sites for hydroxylation is 1. The summed E-state index contributed by atoms with van der Waals surface area (Å²) in [6.45, 7) is 3.63. The van der Waals surface area contributed by atoms with Crippen LogP contribution in [0, 0.1) is 12.7 Å². The molecule has 0 aliphatic carbocycles. The van der Waals surface area contributed by atoms with Crippen LogP contribution in [0.4, 0.5) is 4.39 Å². The van der Waals surface area contributed by atoms with Gasteiger partial charge < -0.3 is 19.1 Å². The lowest BCUT2D eigenvalue weighted by atomic mass is 9.90. The molecule has 0 amide bonds. The summed E-state index contributed by atoms with van der Waals surface area (Å²) in [5.41, 5.74) is 7.28. The Hall–Kier alpha value is -4.42. The molecule has 2 heterocycles. The Morgan fingerprint density at radius 2 is 1.71 bits per heavy atom. The van der Waals surface area contributed by atoms with Gasteiger partial charge in [-0.1, -0.05) is 42.5 Å². The molecule has 0 unspecified atom stereocenters. The van der Waals surface area contributed by atoms with Gasteiger partial charge in [0.25, 0.3) is 0 Å². The highest BCUT2D eigenvalue weighted by Gasteiger charge is 2.27. The number of aromatic carboxylic acids is 1. The van der Waals surface area contributed by atoms with Crippen molar-refractivity contribution in [2.75, 3.05) is 13.2 Å². The quantitative estimate of drug-likeness (QED) is 0.214. The van der Waals surface area contributed by atoms with Crippen LogP contribution in [0.3, 0.4) is 0 Å². The molecule has 0 saturated carbocycles. The number of carbonyl (C=O) groups is 1. The zero-order valence-electron chi connectivity index (χ0n) is 23.0. The topological polar surface area (TPSA) is 60.7 Å². The lowest BCUT2D eigenvalue weighted by Gasteiger charge is -2.26. The van der Waals surface area contributed by atoms with Crippen LogP contribution in [-0.2, 0) is 17.8 Å². The first kappa shape index (κ1) is 26.8. The SMILES string of the molecule is Cc1cc(-n2c(C3CCOCC3)c(Cc3ccc(C(=O)O)cc3)c3cc(OCc4ccccc4)ccc32)ccc1F. The molecule has 5 aromatic rings. The number of carboxylic acid groups (broad SMARTS) is 1. The second-order valence-corrected chi connectivity index (χ2v) is 10.7. The van der Waals surface area contributed by atoms with Crippen LogP contribution in [0.1, 0.15) is 57.1 Å². The number of nitrogens with zero attached hydrogens (tertiary/aromatic N) is 1. The summed E-state index contributed by atoms with van der Waals surface area (Å²) in [4.78, 5) is 11.5. The lowest BCUT2D eigenvalue weighted by molar-refractivity contribution is 0.0697. The van der Waals surface area contributed by atoms with E-state index in [1.807, 2.05) is 60.7 Å².